The summed E-state index contributed by atoms with van der Waals surface area (Å²) in [5.41, 5.74) is 1.81. The molecule has 2 aliphatic carbocycles. The van der Waals surface area contributed by atoms with Crippen LogP contribution in [0.25, 0.3) is 0 Å². The Hall–Kier alpha value is -1.10. The first kappa shape index (κ1) is 17.0. The first-order valence-corrected chi connectivity index (χ1v) is 10.5. The summed E-state index contributed by atoms with van der Waals surface area (Å²) in [6.45, 7) is 4.36. The summed E-state index contributed by atoms with van der Waals surface area (Å²) in [6.07, 6.45) is 8.56. The fourth-order valence-corrected chi connectivity index (χ4v) is 6.08. The van der Waals surface area contributed by atoms with E-state index in [2.05, 4.69) is 28.4 Å². The van der Waals surface area contributed by atoms with Gasteiger partial charge in [0.2, 0.25) is 0 Å². The Morgan fingerprint density at radius 1 is 1.19 bits per heavy atom. The molecule has 1 N–H and O–H groups in total. The van der Waals surface area contributed by atoms with Crippen LogP contribution in [0, 0.1) is 11.3 Å². The second-order valence-corrected chi connectivity index (χ2v) is 8.84. The summed E-state index contributed by atoms with van der Waals surface area (Å²) < 4.78 is 11.6. The average Bonchev–Trinajstić information content (AvgIpc) is 3.05. The highest BCUT2D eigenvalue weighted by atomic mass is 16.5. The van der Waals surface area contributed by atoms with E-state index in [9.17, 15) is 0 Å². The van der Waals surface area contributed by atoms with Crippen molar-refractivity contribution < 1.29 is 9.47 Å². The first-order chi connectivity index (χ1) is 12.8. The van der Waals surface area contributed by atoms with Crippen molar-refractivity contribution in [2.24, 2.45) is 11.3 Å². The minimum absolute atomic E-state index is 0.510. The minimum Gasteiger partial charge on any atom is -0.496 e. The maximum atomic E-state index is 6.07. The van der Waals surface area contributed by atoms with E-state index in [1.54, 1.807) is 7.11 Å². The quantitative estimate of drug-likeness (QED) is 0.878. The molecule has 4 heteroatoms. The normalized spacial score (nSPS) is 33.5. The number of hydrogen-bond acceptors (Lipinski definition) is 4. The lowest BCUT2D eigenvalue weighted by Crippen LogP contribution is -2.72. The number of hydrogen-bond donors (Lipinski definition) is 1. The summed E-state index contributed by atoms with van der Waals surface area (Å²) in [7, 11) is 1.77. The van der Waals surface area contributed by atoms with Gasteiger partial charge < -0.3 is 14.8 Å². The number of piperidine rings is 1. The van der Waals surface area contributed by atoms with E-state index in [1.165, 1.54) is 57.2 Å². The van der Waals surface area contributed by atoms with Crippen molar-refractivity contribution in [3.63, 3.8) is 0 Å². The summed E-state index contributed by atoms with van der Waals surface area (Å²) >= 11 is 0. The van der Waals surface area contributed by atoms with Crippen LogP contribution in [0.2, 0.25) is 0 Å². The van der Waals surface area contributed by atoms with Gasteiger partial charge in [0.1, 0.15) is 5.75 Å². The predicted octanol–water partition coefficient (Wildman–Crippen LogP) is 3.21. The lowest BCUT2D eigenvalue weighted by Gasteiger charge is -2.64. The fourth-order valence-electron chi connectivity index (χ4n) is 6.08. The Bertz CT molecular complexity index is 637. The molecular weight excluding hydrogens is 324 g/mol. The van der Waals surface area contributed by atoms with Gasteiger partial charge >= 0.3 is 0 Å². The summed E-state index contributed by atoms with van der Waals surface area (Å²) in [6, 6.07) is 9.84. The number of methoxy groups -OCH3 is 1. The van der Waals surface area contributed by atoms with Crippen LogP contribution in [0.4, 0.5) is 0 Å². The molecule has 0 unspecified atom stereocenters. The number of fused-ring (bicyclic) bond motifs is 2. The molecule has 142 valence electrons. The molecule has 1 aromatic carbocycles. The lowest BCUT2D eigenvalue weighted by atomic mass is 9.46. The highest BCUT2D eigenvalue weighted by Crippen LogP contribution is 2.63. The SMILES string of the molecule is COc1ccccc1CN1CCC(N[C@@H]2[C@H]3CCO[C@@H]3C23CCC3)CC1. The molecule has 5 rings (SSSR count). The van der Waals surface area contributed by atoms with Gasteiger partial charge in [-0.25, -0.2) is 0 Å². The molecule has 2 aliphatic heterocycles. The monoisotopic (exact) mass is 356 g/mol. The van der Waals surface area contributed by atoms with Gasteiger partial charge in [-0.2, -0.15) is 0 Å². The number of benzene rings is 1. The highest BCUT2D eigenvalue weighted by Gasteiger charge is 2.66. The van der Waals surface area contributed by atoms with E-state index in [4.69, 9.17) is 9.47 Å². The molecule has 0 bridgehead atoms. The molecule has 2 saturated carbocycles. The molecule has 0 amide bonds. The number of likely N-dealkylation sites (tertiary alicyclic amines) is 1. The van der Waals surface area contributed by atoms with Gasteiger partial charge in [0.05, 0.1) is 13.2 Å². The van der Waals surface area contributed by atoms with Gasteiger partial charge in [0.15, 0.2) is 0 Å². The van der Waals surface area contributed by atoms with Crippen molar-refractivity contribution >= 4 is 0 Å². The zero-order valence-electron chi connectivity index (χ0n) is 16.0. The smallest absolute Gasteiger partial charge is 0.123 e. The summed E-state index contributed by atoms with van der Waals surface area (Å²) in [5.74, 6) is 1.81. The second-order valence-electron chi connectivity index (χ2n) is 8.84. The number of nitrogens with one attached hydrogen (secondary N) is 1. The maximum absolute atomic E-state index is 6.07. The molecule has 1 aromatic rings. The van der Waals surface area contributed by atoms with Gasteiger partial charge in [-0.15, -0.1) is 0 Å². The van der Waals surface area contributed by atoms with E-state index in [1.807, 2.05) is 6.07 Å². The Kier molecular flexibility index (Phi) is 4.46. The number of ether oxygens (including phenoxy) is 2. The van der Waals surface area contributed by atoms with Crippen molar-refractivity contribution in [3.8, 4) is 5.75 Å². The molecule has 2 heterocycles. The molecule has 4 fully saturated rings. The van der Waals surface area contributed by atoms with Crippen LogP contribution in [0.1, 0.15) is 44.1 Å². The average molecular weight is 357 g/mol. The Balaban J connectivity index is 1.15. The molecule has 1 spiro atoms. The maximum Gasteiger partial charge on any atom is 0.123 e. The van der Waals surface area contributed by atoms with Crippen molar-refractivity contribution in [1.82, 2.24) is 10.2 Å². The standard InChI is InChI=1S/C22H32N2O2/c1-25-19-6-3-2-5-16(19)15-24-12-7-17(8-13-24)23-20-18-9-14-26-21(18)22(20)10-4-11-22/h2-3,5-6,17-18,20-21,23H,4,7-15H2,1H3/t18-,20-,21+/m1/s1. The molecule has 3 atom stereocenters. The minimum atomic E-state index is 0.510. The highest BCUT2D eigenvalue weighted by molar-refractivity contribution is 5.33. The zero-order chi connectivity index (χ0) is 17.6. The van der Waals surface area contributed by atoms with Crippen molar-refractivity contribution in [3.05, 3.63) is 29.8 Å². The molecule has 2 saturated heterocycles. The van der Waals surface area contributed by atoms with Gasteiger partial charge in [-0.3, -0.25) is 4.90 Å². The van der Waals surface area contributed by atoms with E-state index in [-0.39, 0.29) is 0 Å². The van der Waals surface area contributed by atoms with Crippen LogP contribution >= 0.6 is 0 Å². The van der Waals surface area contributed by atoms with E-state index >= 15 is 0 Å². The summed E-state index contributed by atoms with van der Waals surface area (Å²) in [5, 5.41) is 4.10. The van der Waals surface area contributed by atoms with Crippen molar-refractivity contribution in [2.45, 2.75) is 63.3 Å². The third-order valence-electron chi connectivity index (χ3n) is 7.63. The molecule has 4 nitrogen and oxygen atoms in total. The summed E-state index contributed by atoms with van der Waals surface area (Å²) in [4.78, 5) is 2.58. The van der Waals surface area contributed by atoms with Crippen LogP contribution in [0.15, 0.2) is 24.3 Å². The molecule has 26 heavy (non-hydrogen) atoms. The fraction of sp³-hybridized carbons (Fsp3) is 0.727. The largest absolute Gasteiger partial charge is 0.496 e. The third-order valence-corrected chi connectivity index (χ3v) is 7.63. The van der Waals surface area contributed by atoms with Crippen LogP contribution in [0.3, 0.4) is 0 Å². The number of para-hydroxylation sites is 1. The van der Waals surface area contributed by atoms with Gasteiger partial charge in [-0.05, 0) is 51.3 Å². The van der Waals surface area contributed by atoms with E-state index in [0.29, 0.717) is 17.6 Å². The van der Waals surface area contributed by atoms with Gasteiger partial charge in [0.25, 0.3) is 0 Å². The predicted molar refractivity (Wildman–Crippen MR) is 102 cm³/mol. The third kappa shape index (κ3) is 2.69. The lowest BCUT2D eigenvalue weighted by molar-refractivity contribution is -0.179. The first-order valence-electron chi connectivity index (χ1n) is 10.5. The van der Waals surface area contributed by atoms with E-state index < -0.39 is 0 Å². The van der Waals surface area contributed by atoms with Gasteiger partial charge in [-0.1, -0.05) is 24.6 Å². The Morgan fingerprint density at radius 2 is 2.00 bits per heavy atom. The molecular formula is C22H32N2O2. The van der Waals surface area contributed by atoms with Gasteiger partial charge in [0, 0.05) is 42.1 Å². The topological polar surface area (TPSA) is 33.7 Å². The Labute approximate surface area is 157 Å². The van der Waals surface area contributed by atoms with E-state index in [0.717, 1.165) is 30.9 Å². The van der Waals surface area contributed by atoms with Crippen LogP contribution in [-0.4, -0.2) is 49.9 Å². The van der Waals surface area contributed by atoms with Crippen molar-refractivity contribution in [2.75, 3.05) is 26.8 Å². The van der Waals surface area contributed by atoms with Crippen LogP contribution in [0.5, 0.6) is 5.75 Å². The zero-order valence-corrected chi connectivity index (χ0v) is 16.0. The molecule has 4 aliphatic rings. The number of rotatable bonds is 5. The molecule has 0 radical (unpaired) electrons. The second kappa shape index (κ2) is 6.81. The molecule has 0 aromatic heterocycles. The van der Waals surface area contributed by atoms with Crippen LogP contribution < -0.4 is 10.1 Å². The number of nitrogens with zero attached hydrogens (tertiary/aromatic N) is 1. The Morgan fingerprint density at radius 3 is 2.73 bits per heavy atom. The van der Waals surface area contributed by atoms with Crippen LogP contribution in [-0.2, 0) is 11.3 Å². The van der Waals surface area contributed by atoms with Crippen molar-refractivity contribution in [1.29, 1.82) is 0 Å².